The van der Waals surface area contributed by atoms with Gasteiger partial charge in [-0.15, -0.1) is 0 Å². The Bertz CT molecular complexity index is 567. The molecular weight excluding hydrogens is 310 g/mol. The van der Waals surface area contributed by atoms with Crippen LogP contribution in [-0.4, -0.2) is 28.1 Å². The molecule has 132 valence electrons. The van der Waals surface area contributed by atoms with E-state index in [9.17, 15) is 19.5 Å². The van der Waals surface area contributed by atoms with Crippen LogP contribution in [0.3, 0.4) is 0 Å². The average Bonchev–Trinajstić information content (AvgIpc) is 2.51. The molecule has 0 aromatic heterocycles. The van der Waals surface area contributed by atoms with E-state index in [1.54, 1.807) is 6.92 Å². The highest BCUT2D eigenvalue weighted by Crippen LogP contribution is 2.23. The first-order valence-electron chi connectivity index (χ1n) is 8.21. The van der Waals surface area contributed by atoms with E-state index in [4.69, 9.17) is 5.11 Å². The van der Waals surface area contributed by atoms with Gasteiger partial charge in [0.15, 0.2) is 0 Å². The summed E-state index contributed by atoms with van der Waals surface area (Å²) in [5.41, 5.74) is 0.637. The molecule has 6 nitrogen and oxygen atoms in total. The van der Waals surface area contributed by atoms with E-state index >= 15 is 0 Å². The summed E-state index contributed by atoms with van der Waals surface area (Å²) >= 11 is 0. The summed E-state index contributed by atoms with van der Waals surface area (Å²) in [6.45, 7) is 3.83. The standard InChI is InChI=1S/C18H25NO5/c1-3-4-5-6-15(18(23)24)12(2)11-16(20)19-14-9-7-13(8-10-14)17(21)22/h7-10,12,15H,3-6,11H2,1-2H3,(H,19,20)(H,21,22)(H,23,24)/t12-,15+/m1/s1. The number of hydrogen-bond acceptors (Lipinski definition) is 3. The second-order valence-corrected chi connectivity index (χ2v) is 6.05. The lowest BCUT2D eigenvalue weighted by atomic mass is 9.86. The van der Waals surface area contributed by atoms with Crippen LogP contribution in [0.2, 0.25) is 0 Å². The lowest BCUT2D eigenvalue weighted by molar-refractivity contribution is -0.144. The lowest BCUT2D eigenvalue weighted by Gasteiger charge is -2.19. The van der Waals surface area contributed by atoms with Gasteiger partial charge in [0.05, 0.1) is 11.5 Å². The zero-order valence-electron chi connectivity index (χ0n) is 14.1. The third kappa shape index (κ3) is 6.40. The van der Waals surface area contributed by atoms with Crippen molar-refractivity contribution in [2.45, 2.75) is 46.0 Å². The molecule has 1 aromatic rings. The smallest absolute Gasteiger partial charge is 0.335 e. The van der Waals surface area contributed by atoms with Crippen LogP contribution in [0.1, 0.15) is 56.3 Å². The minimum Gasteiger partial charge on any atom is -0.481 e. The average molecular weight is 335 g/mol. The Kier molecular flexibility index (Phi) is 7.95. The number of aromatic carboxylic acids is 1. The van der Waals surface area contributed by atoms with Gasteiger partial charge in [0.1, 0.15) is 0 Å². The minimum atomic E-state index is -1.03. The fourth-order valence-electron chi connectivity index (χ4n) is 2.61. The van der Waals surface area contributed by atoms with Crippen molar-refractivity contribution in [2.75, 3.05) is 5.32 Å². The first-order valence-corrected chi connectivity index (χ1v) is 8.21. The van der Waals surface area contributed by atoms with Crippen LogP contribution in [0.5, 0.6) is 0 Å². The second-order valence-electron chi connectivity index (χ2n) is 6.05. The molecule has 1 amide bonds. The van der Waals surface area contributed by atoms with E-state index in [-0.39, 0.29) is 23.8 Å². The van der Waals surface area contributed by atoms with E-state index in [1.807, 2.05) is 0 Å². The number of rotatable bonds is 10. The van der Waals surface area contributed by atoms with Crippen LogP contribution in [0, 0.1) is 11.8 Å². The third-order valence-corrected chi connectivity index (χ3v) is 4.05. The number of aliphatic carboxylic acids is 1. The van der Waals surface area contributed by atoms with Crippen LogP contribution in [-0.2, 0) is 9.59 Å². The maximum atomic E-state index is 12.1. The molecule has 2 atom stereocenters. The maximum absolute atomic E-state index is 12.1. The molecule has 0 unspecified atom stereocenters. The van der Waals surface area contributed by atoms with Gasteiger partial charge in [-0.05, 0) is 36.6 Å². The van der Waals surface area contributed by atoms with Crippen molar-refractivity contribution in [2.24, 2.45) is 11.8 Å². The van der Waals surface area contributed by atoms with Crippen molar-refractivity contribution in [1.29, 1.82) is 0 Å². The van der Waals surface area contributed by atoms with E-state index in [2.05, 4.69) is 12.2 Å². The largest absolute Gasteiger partial charge is 0.481 e. The summed E-state index contributed by atoms with van der Waals surface area (Å²) in [7, 11) is 0. The number of carbonyl (C=O) groups is 3. The fraction of sp³-hybridized carbons (Fsp3) is 0.500. The highest BCUT2D eigenvalue weighted by atomic mass is 16.4. The van der Waals surface area contributed by atoms with Crippen LogP contribution in [0.4, 0.5) is 5.69 Å². The highest BCUT2D eigenvalue weighted by molar-refractivity contribution is 5.92. The molecule has 0 saturated carbocycles. The van der Waals surface area contributed by atoms with Gasteiger partial charge in [-0.2, -0.15) is 0 Å². The Hall–Kier alpha value is -2.37. The molecule has 0 heterocycles. The zero-order chi connectivity index (χ0) is 18.1. The molecule has 1 rings (SSSR count). The number of carbonyl (C=O) groups excluding carboxylic acids is 1. The van der Waals surface area contributed by atoms with Gasteiger partial charge in [0.25, 0.3) is 0 Å². The van der Waals surface area contributed by atoms with Gasteiger partial charge in [-0.3, -0.25) is 9.59 Å². The Labute approximate surface area is 141 Å². The summed E-state index contributed by atoms with van der Waals surface area (Å²) in [4.78, 5) is 34.3. The number of unbranched alkanes of at least 4 members (excludes halogenated alkanes) is 2. The molecule has 1 aromatic carbocycles. The van der Waals surface area contributed by atoms with E-state index in [1.165, 1.54) is 24.3 Å². The maximum Gasteiger partial charge on any atom is 0.335 e. The van der Waals surface area contributed by atoms with Gasteiger partial charge >= 0.3 is 11.9 Å². The van der Waals surface area contributed by atoms with Gasteiger partial charge in [0, 0.05) is 12.1 Å². The number of hydrogen-bond donors (Lipinski definition) is 3. The first-order chi connectivity index (χ1) is 11.3. The summed E-state index contributed by atoms with van der Waals surface area (Å²) in [5.74, 6) is -2.96. The van der Waals surface area contributed by atoms with Gasteiger partial charge in [-0.1, -0.05) is 33.1 Å². The molecule has 0 aliphatic carbocycles. The number of carboxylic acids is 2. The van der Waals surface area contributed by atoms with Crippen molar-refractivity contribution < 1.29 is 24.6 Å². The zero-order valence-corrected chi connectivity index (χ0v) is 14.1. The summed E-state index contributed by atoms with van der Waals surface area (Å²) in [5, 5.41) is 20.9. The fourth-order valence-corrected chi connectivity index (χ4v) is 2.61. The van der Waals surface area contributed by atoms with E-state index in [0.29, 0.717) is 12.1 Å². The summed E-state index contributed by atoms with van der Waals surface area (Å²) < 4.78 is 0. The third-order valence-electron chi connectivity index (χ3n) is 4.05. The second kappa shape index (κ2) is 9.70. The number of nitrogens with one attached hydrogen (secondary N) is 1. The van der Waals surface area contributed by atoms with Crippen molar-refractivity contribution >= 4 is 23.5 Å². The SMILES string of the molecule is CCCCC[C@H](C(=O)O)[C@H](C)CC(=O)Nc1ccc(C(=O)O)cc1. The number of amides is 1. The molecule has 0 saturated heterocycles. The van der Waals surface area contributed by atoms with Crippen molar-refractivity contribution in [3.8, 4) is 0 Å². The quantitative estimate of drug-likeness (QED) is 0.566. The summed E-state index contributed by atoms with van der Waals surface area (Å²) in [6, 6.07) is 5.85. The molecule has 0 aliphatic rings. The molecule has 3 N–H and O–H groups in total. The monoisotopic (exact) mass is 335 g/mol. The minimum absolute atomic E-state index is 0.115. The first kappa shape index (κ1) is 19.7. The lowest BCUT2D eigenvalue weighted by Crippen LogP contribution is -2.26. The van der Waals surface area contributed by atoms with Crippen LogP contribution in [0.25, 0.3) is 0 Å². The number of carboxylic acid groups (broad SMARTS) is 2. The predicted octanol–water partition coefficient (Wildman–Crippen LogP) is 3.63. The van der Waals surface area contributed by atoms with Crippen LogP contribution in [0.15, 0.2) is 24.3 Å². The normalized spacial score (nSPS) is 13.1. The molecule has 0 bridgehead atoms. The summed E-state index contributed by atoms with van der Waals surface area (Å²) in [6.07, 6.45) is 3.54. The Morgan fingerprint density at radius 3 is 2.21 bits per heavy atom. The molecule has 0 aliphatic heterocycles. The predicted molar refractivity (Wildman–Crippen MR) is 91.1 cm³/mol. The van der Waals surface area contributed by atoms with E-state index < -0.39 is 17.9 Å². The van der Waals surface area contributed by atoms with Crippen molar-refractivity contribution in [3.63, 3.8) is 0 Å². The topological polar surface area (TPSA) is 104 Å². The van der Waals surface area contributed by atoms with Gasteiger partial charge in [0.2, 0.25) is 5.91 Å². The molecule has 6 heteroatoms. The van der Waals surface area contributed by atoms with Gasteiger partial charge < -0.3 is 15.5 Å². The van der Waals surface area contributed by atoms with Crippen LogP contribution < -0.4 is 5.32 Å². The molecule has 0 spiro atoms. The molecule has 0 fully saturated rings. The van der Waals surface area contributed by atoms with Gasteiger partial charge in [-0.25, -0.2) is 4.79 Å². The number of anilines is 1. The van der Waals surface area contributed by atoms with Crippen LogP contribution >= 0.6 is 0 Å². The highest BCUT2D eigenvalue weighted by Gasteiger charge is 2.26. The van der Waals surface area contributed by atoms with E-state index in [0.717, 1.165) is 19.3 Å². The van der Waals surface area contributed by atoms with Crippen molar-refractivity contribution in [1.82, 2.24) is 0 Å². The molecule has 0 radical (unpaired) electrons. The molecular formula is C18H25NO5. The Morgan fingerprint density at radius 2 is 1.71 bits per heavy atom. The molecule has 24 heavy (non-hydrogen) atoms. The van der Waals surface area contributed by atoms with Crippen molar-refractivity contribution in [3.05, 3.63) is 29.8 Å². The Balaban J connectivity index is 2.57. The Morgan fingerprint density at radius 1 is 1.08 bits per heavy atom. The number of benzene rings is 1.